The molecule has 0 aliphatic carbocycles. The van der Waals surface area contributed by atoms with Crippen LogP contribution >= 0.6 is 0 Å². The van der Waals surface area contributed by atoms with E-state index < -0.39 is 0 Å². The first-order valence-electron chi connectivity index (χ1n) is 4.19. The van der Waals surface area contributed by atoms with Crippen molar-refractivity contribution >= 4 is 5.78 Å². The Labute approximate surface area is 75.4 Å². The molecule has 2 heteroatoms. The predicted octanol–water partition coefficient (Wildman–Crippen LogP) is 2.28. The van der Waals surface area contributed by atoms with Crippen LogP contribution < -0.4 is 5.32 Å². The molecule has 0 aromatic heterocycles. The van der Waals surface area contributed by atoms with E-state index in [1.807, 2.05) is 26.8 Å². The monoisotopic (exact) mass is 169 g/mol. The van der Waals surface area contributed by atoms with E-state index in [0.717, 1.165) is 5.70 Å². The van der Waals surface area contributed by atoms with Crippen molar-refractivity contribution in [2.75, 3.05) is 6.54 Å². The van der Waals surface area contributed by atoms with Crippen molar-refractivity contribution in [3.05, 3.63) is 24.4 Å². The number of rotatable bonds is 4. The van der Waals surface area contributed by atoms with Crippen molar-refractivity contribution in [3.8, 4) is 0 Å². The fourth-order valence-electron chi connectivity index (χ4n) is 0.500. The topological polar surface area (TPSA) is 29.1 Å². The predicted molar refractivity (Wildman–Crippen MR) is 54.0 cm³/mol. The summed E-state index contributed by atoms with van der Waals surface area (Å²) in [7, 11) is 0. The van der Waals surface area contributed by atoms with Gasteiger partial charge in [0.2, 0.25) is 0 Å². The summed E-state index contributed by atoms with van der Waals surface area (Å²) >= 11 is 0. The maximum absolute atomic E-state index is 10.4. The van der Waals surface area contributed by atoms with Gasteiger partial charge in [0.25, 0.3) is 0 Å². The fraction of sp³-hybridized carbons (Fsp3) is 0.500. The molecule has 0 aliphatic heterocycles. The number of carbonyl (C=O) groups excluding carboxylic acids is 1. The molecular weight excluding hydrogens is 150 g/mol. The Kier molecular flexibility index (Phi) is 11.2. The fourth-order valence-corrected chi connectivity index (χ4v) is 0.500. The summed E-state index contributed by atoms with van der Waals surface area (Å²) in [6.07, 6.45) is 3.51. The van der Waals surface area contributed by atoms with Crippen molar-refractivity contribution in [3.63, 3.8) is 0 Å². The lowest BCUT2D eigenvalue weighted by Gasteiger charge is -2.00. The molecule has 0 heterocycles. The van der Waals surface area contributed by atoms with Crippen LogP contribution in [0.2, 0.25) is 0 Å². The number of allylic oxidation sites excluding steroid dienone is 3. The van der Waals surface area contributed by atoms with Crippen LogP contribution in [-0.2, 0) is 4.79 Å². The number of Topliss-reactive ketones (excluding diaryl/α,β-unsaturated/α-hetero) is 1. The summed E-state index contributed by atoms with van der Waals surface area (Å²) in [6, 6.07) is 0. The van der Waals surface area contributed by atoms with Crippen LogP contribution in [0.15, 0.2) is 24.4 Å². The largest absolute Gasteiger partial charge is 0.381 e. The highest BCUT2D eigenvalue weighted by Crippen LogP contribution is 1.84. The Morgan fingerprint density at radius 2 is 1.92 bits per heavy atom. The maximum Gasteiger partial charge on any atom is 0.148 e. The SMILES string of the molecule is C=C/C=C(\C)NCC(C)=O.CC. The highest BCUT2D eigenvalue weighted by Gasteiger charge is 1.89. The van der Waals surface area contributed by atoms with Crippen molar-refractivity contribution in [1.82, 2.24) is 5.32 Å². The first-order valence-corrected chi connectivity index (χ1v) is 4.19. The van der Waals surface area contributed by atoms with Crippen LogP contribution in [-0.4, -0.2) is 12.3 Å². The summed E-state index contributed by atoms with van der Waals surface area (Å²) in [5, 5.41) is 2.92. The zero-order valence-electron chi connectivity index (χ0n) is 8.48. The molecule has 0 unspecified atom stereocenters. The molecule has 0 aromatic rings. The van der Waals surface area contributed by atoms with Crippen molar-refractivity contribution in [1.29, 1.82) is 0 Å². The van der Waals surface area contributed by atoms with E-state index in [0.29, 0.717) is 6.54 Å². The van der Waals surface area contributed by atoms with Crippen LogP contribution in [0.5, 0.6) is 0 Å². The minimum absolute atomic E-state index is 0.136. The summed E-state index contributed by atoms with van der Waals surface area (Å²) < 4.78 is 0. The molecule has 0 spiro atoms. The van der Waals surface area contributed by atoms with Gasteiger partial charge in [-0.2, -0.15) is 0 Å². The van der Waals surface area contributed by atoms with Gasteiger partial charge in [-0.25, -0.2) is 0 Å². The van der Waals surface area contributed by atoms with Gasteiger partial charge in [0.1, 0.15) is 5.78 Å². The quantitative estimate of drug-likeness (QED) is 0.654. The Morgan fingerprint density at radius 3 is 2.25 bits per heavy atom. The van der Waals surface area contributed by atoms with E-state index in [2.05, 4.69) is 11.9 Å². The van der Waals surface area contributed by atoms with Gasteiger partial charge in [-0.05, 0) is 19.9 Å². The van der Waals surface area contributed by atoms with Gasteiger partial charge in [0, 0.05) is 5.70 Å². The molecule has 0 fully saturated rings. The van der Waals surface area contributed by atoms with E-state index >= 15 is 0 Å². The minimum atomic E-state index is 0.136. The highest BCUT2D eigenvalue weighted by molar-refractivity contribution is 5.77. The Morgan fingerprint density at radius 1 is 1.42 bits per heavy atom. The van der Waals surface area contributed by atoms with Crippen LogP contribution in [0.3, 0.4) is 0 Å². The second-order valence-electron chi connectivity index (χ2n) is 2.14. The van der Waals surface area contributed by atoms with Gasteiger partial charge in [0.15, 0.2) is 0 Å². The molecule has 70 valence electrons. The van der Waals surface area contributed by atoms with Gasteiger partial charge in [0.05, 0.1) is 6.54 Å². The third-order valence-corrected chi connectivity index (χ3v) is 0.984. The first kappa shape index (κ1) is 13.5. The maximum atomic E-state index is 10.4. The molecule has 0 amide bonds. The summed E-state index contributed by atoms with van der Waals surface area (Å²) in [4.78, 5) is 10.4. The molecule has 1 N–H and O–H groups in total. The summed E-state index contributed by atoms with van der Waals surface area (Å²) in [5.74, 6) is 0.136. The molecular formula is C10H19NO. The van der Waals surface area contributed by atoms with Gasteiger partial charge >= 0.3 is 0 Å². The molecule has 0 saturated carbocycles. The number of ketones is 1. The van der Waals surface area contributed by atoms with Gasteiger partial charge in [-0.15, -0.1) is 0 Å². The lowest BCUT2D eigenvalue weighted by molar-refractivity contribution is -0.116. The third kappa shape index (κ3) is 11.7. The Bertz CT molecular complexity index is 159. The van der Waals surface area contributed by atoms with E-state index in [4.69, 9.17) is 0 Å². The van der Waals surface area contributed by atoms with Crippen LogP contribution in [0, 0.1) is 0 Å². The van der Waals surface area contributed by atoms with E-state index in [-0.39, 0.29) is 5.78 Å². The van der Waals surface area contributed by atoms with E-state index in [1.54, 1.807) is 13.0 Å². The normalized spacial score (nSPS) is 9.50. The minimum Gasteiger partial charge on any atom is -0.381 e. The number of nitrogens with one attached hydrogen (secondary N) is 1. The van der Waals surface area contributed by atoms with Crippen molar-refractivity contribution in [2.24, 2.45) is 0 Å². The zero-order valence-corrected chi connectivity index (χ0v) is 8.48. The first-order chi connectivity index (χ1) is 5.66. The molecule has 0 aliphatic rings. The molecule has 0 radical (unpaired) electrons. The van der Waals surface area contributed by atoms with Gasteiger partial charge in [-0.1, -0.05) is 26.5 Å². The zero-order chi connectivity index (χ0) is 9.98. The second-order valence-corrected chi connectivity index (χ2v) is 2.14. The highest BCUT2D eigenvalue weighted by atomic mass is 16.1. The van der Waals surface area contributed by atoms with Crippen LogP contribution in [0.1, 0.15) is 27.7 Å². The lowest BCUT2D eigenvalue weighted by atomic mass is 10.4. The van der Waals surface area contributed by atoms with Gasteiger partial charge < -0.3 is 5.32 Å². The van der Waals surface area contributed by atoms with E-state index in [1.165, 1.54) is 0 Å². The van der Waals surface area contributed by atoms with E-state index in [9.17, 15) is 4.79 Å². The average molecular weight is 169 g/mol. The van der Waals surface area contributed by atoms with Crippen LogP contribution in [0.4, 0.5) is 0 Å². The average Bonchev–Trinajstić information content (AvgIpc) is 2.05. The standard InChI is InChI=1S/C8H13NO.C2H6/c1-4-5-7(2)9-6-8(3)10;1-2/h4-5,9H,1,6H2,2-3H3;1-2H3/b7-5+;. The molecule has 0 atom stereocenters. The Balaban J connectivity index is 0. The Hall–Kier alpha value is -1.05. The number of hydrogen-bond donors (Lipinski definition) is 1. The van der Waals surface area contributed by atoms with Crippen molar-refractivity contribution < 1.29 is 4.79 Å². The molecule has 0 saturated heterocycles. The van der Waals surface area contributed by atoms with Crippen LogP contribution in [0.25, 0.3) is 0 Å². The summed E-state index contributed by atoms with van der Waals surface area (Å²) in [6.45, 7) is 11.4. The second kappa shape index (κ2) is 9.95. The molecule has 12 heavy (non-hydrogen) atoms. The lowest BCUT2D eigenvalue weighted by Crippen LogP contribution is -2.18. The van der Waals surface area contributed by atoms with Gasteiger partial charge in [-0.3, -0.25) is 4.79 Å². The molecule has 0 bridgehead atoms. The summed E-state index contributed by atoms with van der Waals surface area (Å²) in [5.41, 5.74) is 0.963. The molecule has 0 rings (SSSR count). The number of carbonyl (C=O) groups is 1. The molecule has 2 nitrogen and oxygen atoms in total. The third-order valence-electron chi connectivity index (χ3n) is 0.984. The number of hydrogen-bond acceptors (Lipinski definition) is 2. The van der Waals surface area contributed by atoms with Crippen molar-refractivity contribution in [2.45, 2.75) is 27.7 Å². The smallest absolute Gasteiger partial charge is 0.148 e. The molecule has 0 aromatic carbocycles.